The molecule has 1 unspecified atom stereocenters. The van der Waals surface area contributed by atoms with E-state index in [0.717, 1.165) is 5.92 Å². The number of hydrogen-bond acceptors (Lipinski definition) is 2. The van der Waals surface area contributed by atoms with Crippen molar-refractivity contribution in [1.82, 2.24) is 10.2 Å². The van der Waals surface area contributed by atoms with Gasteiger partial charge in [0.05, 0.1) is 0 Å². The molecule has 1 aromatic carbocycles. The molecule has 2 heteroatoms. The fraction of sp³-hybridized carbons (Fsp3) is 0.684. The van der Waals surface area contributed by atoms with Gasteiger partial charge in [-0.2, -0.15) is 0 Å². The second-order valence-corrected chi connectivity index (χ2v) is 7.46. The molecule has 1 heterocycles. The zero-order chi connectivity index (χ0) is 15.3. The van der Waals surface area contributed by atoms with Crippen LogP contribution in [0.25, 0.3) is 0 Å². The van der Waals surface area contributed by atoms with E-state index in [-0.39, 0.29) is 0 Å². The van der Waals surface area contributed by atoms with Crippen molar-refractivity contribution in [3.8, 4) is 0 Å². The predicted octanol–water partition coefficient (Wildman–Crippen LogP) is 3.72. The zero-order valence-corrected chi connectivity index (χ0v) is 14.2. The Morgan fingerprint density at radius 3 is 2.62 bits per heavy atom. The van der Waals surface area contributed by atoms with E-state index in [1.54, 1.807) is 0 Å². The lowest BCUT2D eigenvalue weighted by atomic mass is 9.93. The molecule has 0 amide bonds. The Hall–Kier alpha value is -0.860. The molecule has 0 aromatic heterocycles. The highest BCUT2D eigenvalue weighted by atomic mass is 15.2. The van der Waals surface area contributed by atoms with Crippen LogP contribution in [0.3, 0.4) is 0 Å². The van der Waals surface area contributed by atoms with Gasteiger partial charge in [0.25, 0.3) is 0 Å². The third-order valence-corrected chi connectivity index (χ3v) is 4.82. The van der Waals surface area contributed by atoms with Crippen LogP contribution in [0.1, 0.15) is 46.1 Å². The normalized spacial score (nSPS) is 20.3. The molecule has 118 valence electrons. The first kappa shape index (κ1) is 16.5. The Morgan fingerprint density at radius 2 is 1.95 bits per heavy atom. The summed E-state index contributed by atoms with van der Waals surface area (Å²) < 4.78 is 0. The first-order chi connectivity index (χ1) is 9.97. The van der Waals surface area contributed by atoms with Crippen LogP contribution in [0.2, 0.25) is 0 Å². The standard InChI is InChI=1S/C19H32N2/c1-16(2)20-14-18-11-13-21(15-18)19(3,4)12-10-17-8-6-5-7-9-17/h5-9,16,18,20H,10-15H2,1-4H3. The number of likely N-dealkylation sites (tertiary alicyclic amines) is 1. The maximum Gasteiger partial charge on any atom is 0.0156 e. The Labute approximate surface area is 130 Å². The summed E-state index contributed by atoms with van der Waals surface area (Å²) in [6.45, 7) is 13.0. The number of aryl methyl sites for hydroxylation is 1. The summed E-state index contributed by atoms with van der Waals surface area (Å²) in [5.41, 5.74) is 1.77. The minimum absolute atomic E-state index is 0.308. The second-order valence-electron chi connectivity index (χ2n) is 7.46. The molecular weight excluding hydrogens is 256 g/mol. The number of nitrogens with zero attached hydrogens (tertiary/aromatic N) is 1. The minimum Gasteiger partial charge on any atom is -0.314 e. The fourth-order valence-corrected chi connectivity index (χ4v) is 3.20. The monoisotopic (exact) mass is 288 g/mol. The van der Waals surface area contributed by atoms with E-state index >= 15 is 0 Å². The Bertz CT molecular complexity index is 411. The van der Waals surface area contributed by atoms with Crippen LogP contribution in [-0.4, -0.2) is 36.1 Å². The minimum atomic E-state index is 0.308. The van der Waals surface area contributed by atoms with Gasteiger partial charge in [-0.3, -0.25) is 4.90 Å². The first-order valence-corrected chi connectivity index (χ1v) is 8.50. The number of benzene rings is 1. The molecule has 1 aliphatic heterocycles. The van der Waals surface area contributed by atoms with Gasteiger partial charge in [0.1, 0.15) is 0 Å². The van der Waals surface area contributed by atoms with Gasteiger partial charge < -0.3 is 5.32 Å². The van der Waals surface area contributed by atoms with Crippen molar-refractivity contribution in [3.63, 3.8) is 0 Å². The maximum atomic E-state index is 3.59. The van der Waals surface area contributed by atoms with Crippen LogP contribution in [0.15, 0.2) is 30.3 Å². The molecule has 0 radical (unpaired) electrons. The molecule has 1 aromatic rings. The lowest BCUT2D eigenvalue weighted by Gasteiger charge is -2.36. The van der Waals surface area contributed by atoms with Crippen LogP contribution in [0, 0.1) is 5.92 Å². The summed E-state index contributed by atoms with van der Waals surface area (Å²) in [7, 11) is 0. The SMILES string of the molecule is CC(C)NCC1CCN(C(C)(C)CCc2ccccc2)C1. The number of rotatable bonds is 7. The van der Waals surface area contributed by atoms with E-state index < -0.39 is 0 Å². The van der Waals surface area contributed by atoms with Gasteiger partial charge in [0.15, 0.2) is 0 Å². The van der Waals surface area contributed by atoms with E-state index in [0.29, 0.717) is 11.6 Å². The summed E-state index contributed by atoms with van der Waals surface area (Å²) >= 11 is 0. The van der Waals surface area contributed by atoms with E-state index in [1.807, 2.05) is 0 Å². The maximum absolute atomic E-state index is 3.59. The molecule has 0 bridgehead atoms. The van der Waals surface area contributed by atoms with Crippen LogP contribution in [-0.2, 0) is 6.42 Å². The molecule has 1 aliphatic rings. The summed E-state index contributed by atoms with van der Waals surface area (Å²) in [5, 5.41) is 3.59. The quantitative estimate of drug-likeness (QED) is 0.822. The second kappa shape index (κ2) is 7.42. The first-order valence-electron chi connectivity index (χ1n) is 8.50. The molecule has 0 aliphatic carbocycles. The highest BCUT2D eigenvalue weighted by Gasteiger charge is 2.32. The molecule has 1 N–H and O–H groups in total. The van der Waals surface area contributed by atoms with Gasteiger partial charge >= 0.3 is 0 Å². The highest BCUT2D eigenvalue weighted by Crippen LogP contribution is 2.28. The van der Waals surface area contributed by atoms with E-state index in [1.165, 1.54) is 44.5 Å². The molecule has 21 heavy (non-hydrogen) atoms. The molecule has 0 saturated carbocycles. The van der Waals surface area contributed by atoms with Gasteiger partial charge in [-0.25, -0.2) is 0 Å². The van der Waals surface area contributed by atoms with Gasteiger partial charge in [-0.1, -0.05) is 44.2 Å². The topological polar surface area (TPSA) is 15.3 Å². The average Bonchev–Trinajstić information content (AvgIpc) is 2.94. The van der Waals surface area contributed by atoms with Gasteiger partial charge in [-0.05, 0) is 57.7 Å². The summed E-state index contributed by atoms with van der Waals surface area (Å²) in [6.07, 6.45) is 3.76. The summed E-state index contributed by atoms with van der Waals surface area (Å²) in [5.74, 6) is 0.823. The van der Waals surface area contributed by atoms with Crippen LogP contribution in [0.4, 0.5) is 0 Å². The highest BCUT2D eigenvalue weighted by molar-refractivity contribution is 5.15. The zero-order valence-electron chi connectivity index (χ0n) is 14.2. The van der Waals surface area contributed by atoms with Crippen molar-refractivity contribution in [3.05, 3.63) is 35.9 Å². The predicted molar refractivity (Wildman–Crippen MR) is 91.7 cm³/mol. The van der Waals surface area contributed by atoms with E-state index in [2.05, 4.69) is 68.2 Å². The largest absolute Gasteiger partial charge is 0.314 e. The summed E-state index contributed by atoms with van der Waals surface area (Å²) in [6, 6.07) is 11.5. The smallest absolute Gasteiger partial charge is 0.0156 e. The van der Waals surface area contributed by atoms with Crippen molar-refractivity contribution >= 4 is 0 Å². The Morgan fingerprint density at radius 1 is 1.24 bits per heavy atom. The van der Waals surface area contributed by atoms with Crippen LogP contribution >= 0.6 is 0 Å². The average molecular weight is 288 g/mol. The Balaban J connectivity index is 1.80. The van der Waals surface area contributed by atoms with Crippen molar-refractivity contribution < 1.29 is 0 Å². The molecule has 2 nitrogen and oxygen atoms in total. The Kier molecular flexibility index (Phi) is 5.83. The van der Waals surface area contributed by atoms with Gasteiger partial charge in [-0.15, -0.1) is 0 Å². The van der Waals surface area contributed by atoms with E-state index in [9.17, 15) is 0 Å². The van der Waals surface area contributed by atoms with Crippen molar-refractivity contribution in [1.29, 1.82) is 0 Å². The molecule has 1 atom stereocenters. The molecule has 0 spiro atoms. The third-order valence-electron chi connectivity index (χ3n) is 4.82. The van der Waals surface area contributed by atoms with Crippen LogP contribution < -0.4 is 5.32 Å². The molecular formula is C19H32N2. The van der Waals surface area contributed by atoms with Crippen LogP contribution in [0.5, 0.6) is 0 Å². The molecule has 1 saturated heterocycles. The fourth-order valence-electron chi connectivity index (χ4n) is 3.20. The van der Waals surface area contributed by atoms with Gasteiger partial charge in [0, 0.05) is 18.1 Å². The summed E-state index contributed by atoms with van der Waals surface area (Å²) in [4.78, 5) is 2.70. The molecule has 2 rings (SSSR count). The number of hydrogen-bond donors (Lipinski definition) is 1. The number of nitrogens with one attached hydrogen (secondary N) is 1. The van der Waals surface area contributed by atoms with E-state index in [4.69, 9.17) is 0 Å². The van der Waals surface area contributed by atoms with Crippen molar-refractivity contribution in [2.75, 3.05) is 19.6 Å². The molecule has 1 fully saturated rings. The third kappa shape index (κ3) is 5.12. The lowest BCUT2D eigenvalue weighted by molar-refractivity contribution is 0.138. The lowest BCUT2D eigenvalue weighted by Crippen LogP contribution is -2.43. The van der Waals surface area contributed by atoms with Crippen molar-refractivity contribution in [2.24, 2.45) is 5.92 Å². The van der Waals surface area contributed by atoms with Gasteiger partial charge in [0.2, 0.25) is 0 Å². The van der Waals surface area contributed by atoms with Crippen molar-refractivity contribution in [2.45, 2.75) is 58.5 Å².